The lowest BCUT2D eigenvalue weighted by Crippen LogP contribution is -1.91. The summed E-state index contributed by atoms with van der Waals surface area (Å²) in [5.41, 5.74) is 0. The van der Waals surface area contributed by atoms with Crippen LogP contribution in [-0.2, 0) is 7.05 Å². The highest BCUT2D eigenvalue weighted by molar-refractivity contribution is 8.76. The maximum Gasteiger partial charge on any atom is 0.241 e. The highest BCUT2D eigenvalue weighted by atomic mass is 33.1. The van der Waals surface area contributed by atoms with Crippen molar-refractivity contribution in [1.29, 1.82) is 0 Å². The fraction of sp³-hybridized carbons (Fsp3) is 0.333. The van der Waals surface area contributed by atoms with Crippen LogP contribution in [0.3, 0.4) is 0 Å². The quantitative estimate of drug-likeness (QED) is 0.687. The molecule has 1 N–H and O–H groups in total. The normalized spacial score (nSPS) is 10.5. The molecule has 0 saturated heterocycles. The predicted octanol–water partition coefficient (Wildman–Crippen LogP) is -0.477. The van der Waals surface area contributed by atoms with Gasteiger partial charge < -0.3 is 0 Å². The van der Waals surface area contributed by atoms with Gasteiger partial charge >= 0.3 is 0 Å². The molecule has 0 aliphatic rings. The van der Waals surface area contributed by atoms with Crippen molar-refractivity contribution in [2.75, 3.05) is 0 Å². The summed E-state index contributed by atoms with van der Waals surface area (Å²) in [7, 11) is 4.47. The highest BCUT2D eigenvalue weighted by Gasteiger charge is 2.06. The number of hydrogen-bond acceptors (Lipinski definition) is 8. The third-order valence-corrected chi connectivity index (χ3v) is 3.14. The van der Waals surface area contributed by atoms with E-state index < -0.39 is 0 Å². The first kappa shape index (κ1) is 8.44. The summed E-state index contributed by atoms with van der Waals surface area (Å²) in [6, 6.07) is 0. The summed E-state index contributed by atoms with van der Waals surface area (Å²) in [5.74, 6) is 0. The summed E-state index contributed by atoms with van der Waals surface area (Å²) < 4.78 is 1.57. The van der Waals surface area contributed by atoms with Crippen molar-refractivity contribution >= 4 is 21.6 Å². The van der Waals surface area contributed by atoms with Gasteiger partial charge in [-0.25, -0.2) is 4.68 Å². The molecule has 0 saturated carbocycles. The molecule has 10 heteroatoms. The number of tetrazole rings is 2. The molecule has 2 aromatic rings. The Morgan fingerprint density at radius 2 is 2.23 bits per heavy atom. The minimum Gasteiger partial charge on any atom is -0.223 e. The number of aryl methyl sites for hydroxylation is 1. The van der Waals surface area contributed by atoms with Gasteiger partial charge in [-0.3, -0.25) is 0 Å². The molecule has 0 amide bonds. The van der Waals surface area contributed by atoms with E-state index in [9.17, 15) is 0 Å². The van der Waals surface area contributed by atoms with Gasteiger partial charge in [0.05, 0.1) is 0 Å². The van der Waals surface area contributed by atoms with Crippen molar-refractivity contribution in [3.63, 3.8) is 0 Å². The van der Waals surface area contributed by atoms with E-state index in [0.29, 0.717) is 10.3 Å². The topological polar surface area (TPSA) is 98.1 Å². The Kier molecular flexibility index (Phi) is 2.40. The van der Waals surface area contributed by atoms with Gasteiger partial charge in [-0.15, -0.1) is 15.3 Å². The summed E-state index contributed by atoms with van der Waals surface area (Å²) >= 11 is 0. The number of aromatic nitrogens is 8. The molecule has 8 nitrogen and oxygen atoms in total. The van der Waals surface area contributed by atoms with Gasteiger partial charge in [0.15, 0.2) is 0 Å². The third kappa shape index (κ3) is 1.95. The second-order valence-electron chi connectivity index (χ2n) is 1.95. The molecule has 0 bridgehead atoms. The van der Waals surface area contributed by atoms with Crippen molar-refractivity contribution in [1.82, 2.24) is 40.8 Å². The van der Waals surface area contributed by atoms with Crippen LogP contribution in [0.5, 0.6) is 0 Å². The largest absolute Gasteiger partial charge is 0.241 e. The van der Waals surface area contributed by atoms with Crippen LogP contribution in [0.25, 0.3) is 0 Å². The van der Waals surface area contributed by atoms with Gasteiger partial charge in [-0.05, 0) is 37.2 Å². The minimum atomic E-state index is 0.549. The minimum absolute atomic E-state index is 0.549. The van der Waals surface area contributed by atoms with Gasteiger partial charge in [0.2, 0.25) is 10.3 Å². The van der Waals surface area contributed by atoms with Crippen LogP contribution in [0.2, 0.25) is 0 Å². The van der Waals surface area contributed by atoms with Crippen LogP contribution in [-0.4, -0.2) is 40.8 Å². The van der Waals surface area contributed by atoms with Gasteiger partial charge in [-0.1, -0.05) is 0 Å². The predicted molar refractivity (Wildman–Crippen MR) is 44.7 cm³/mol. The SMILES string of the molecule is Cn1nnnc1SSc1nn[nH]n1. The Hall–Kier alpha value is -1.16. The third-order valence-electron chi connectivity index (χ3n) is 1.10. The summed E-state index contributed by atoms with van der Waals surface area (Å²) in [4.78, 5) is 0. The monoisotopic (exact) mass is 216 g/mol. The summed E-state index contributed by atoms with van der Waals surface area (Å²) in [6.07, 6.45) is 0. The first-order valence-electron chi connectivity index (χ1n) is 3.16. The number of nitrogens with one attached hydrogen (secondary N) is 1. The zero-order valence-electron chi connectivity index (χ0n) is 6.45. The number of aromatic amines is 1. The second kappa shape index (κ2) is 3.70. The van der Waals surface area contributed by atoms with Crippen LogP contribution in [0.1, 0.15) is 0 Å². The van der Waals surface area contributed by atoms with E-state index in [1.54, 1.807) is 11.7 Å². The van der Waals surface area contributed by atoms with E-state index >= 15 is 0 Å². The van der Waals surface area contributed by atoms with Crippen molar-refractivity contribution in [3.8, 4) is 0 Å². The van der Waals surface area contributed by atoms with Crippen molar-refractivity contribution < 1.29 is 0 Å². The van der Waals surface area contributed by atoms with Crippen molar-refractivity contribution in [2.45, 2.75) is 10.3 Å². The molecule has 0 atom stereocenters. The van der Waals surface area contributed by atoms with Crippen molar-refractivity contribution in [2.24, 2.45) is 7.05 Å². The van der Waals surface area contributed by atoms with Gasteiger partial charge in [-0.2, -0.15) is 5.21 Å². The van der Waals surface area contributed by atoms with E-state index in [1.165, 1.54) is 21.6 Å². The highest BCUT2D eigenvalue weighted by Crippen LogP contribution is 2.32. The molecule has 2 heterocycles. The lowest BCUT2D eigenvalue weighted by Gasteiger charge is -1.92. The van der Waals surface area contributed by atoms with E-state index in [2.05, 4.69) is 36.1 Å². The second-order valence-corrected chi connectivity index (χ2v) is 4.01. The molecule has 0 aromatic carbocycles. The molecule has 0 radical (unpaired) electrons. The van der Waals surface area contributed by atoms with Gasteiger partial charge in [0, 0.05) is 7.05 Å². The molecule has 68 valence electrons. The lowest BCUT2D eigenvalue weighted by atomic mass is 11.2. The number of rotatable bonds is 3. The van der Waals surface area contributed by atoms with Crippen LogP contribution in [0.15, 0.2) is 10.3 Å². The van der Waals surface area contributed by atoms with Gasteiger partial charge in [0.25, 0.3) is 0 Å². The van der Waals surface area contributed by atoms with E-state index in [1.807, 2.05) is 0 Å². The van der Waals surface area contributed by atoms with Crippen LogP contribution >= 0.6 is 21.6 Å². The summed E-state index contributed by atoms with van der Waals surface area (Å²) in [6.45, 7) is 0. The Morgan fingerprint density at radius 3 is 2.85 bits per heavy atom. The molecule has 0 aliphatic carbocycles. The molecule has 0 aliphatic heterocycles. The van der Waals surface area contributed by atoms with Crippen LogP contribution in [0.4, 0.5) is 0 Å². The number of hydrogen-bond donors (Lipinski definition) is 1. The van der Waals surface area contributed by atoms with Gasteiger partial charge in [0.1, 0.15) is 0 Å². The molecule has 0 spiro atoms. The molecule has 13 heavy (non-hydrogen) atoms. The fourth-order valence-electron chi connectivity index (χ4n) is 0.554. The molecule has 0 unspecified atom stereocenters. The van der Waals surface area contributed by atoms with Crippen molar-refractivity contribution in [3.05, 3.63) is 0 Å². The Balaban J connectivity index is 1.97. The smallest absolute Gasteiger partial charge is 0.223 e. The standard InChI is InChI=1S/C3H4N8S2/c1-11-3(6-9-10-11)13-12-2-4-7-8-5-2/h1H3,(H,4,5,7,8). The first-order chi connectivity index (χ1) is 6.36. The molecule has 2 rings (SSSR count). The van der Waals surface area contributed by atoms with Crippen LogP contribution < -0.4 is 0 Å². The molecular formula is C3H4N8S2. The lowest BCUT2D eigenvalue weighted by molar-refractivity contribution is 0.666. The van der Waals surface area contributed by atoms with E-state index in [-0.39, 0.29) is 0 Å². The van der Waals surface area contributed by atoms with E-state index in [0.717, 1.165) is 0 Å². The fourth-order valence-corrected chi connectivity index (χ4v) is 2.15. The summed E-state index contributed by atoms with van der Waals surface area (Å²) in [5, 5.41) is 25.5. The average Bonchev–Trinajstić information content (AvgIpc) is 2.72. The Labute approximate surface area is 80.3 Å². The van der Waals surface area contributed by atoms with E-state index in [4.69, 9.17) is 0 Å². The maximum absolute atomic E-state index is 3.77. The average molecular weight is 216 g/mol. The zero-order valence-corrected chi connectivity index (χ0v) is 8.08. The molecule has 2 aromatic heterocycles. The van der Waals surface area contributed by atoms with Crippen LogP contribution in [0, 0.1) is 0 Å². The number of H-pyrrole nitrogens is 1. The number of nitrogens with zero attached hydrogens (tertiary/aromatic N) is 7. The molecular weight excluding hydrogens is 212 g/mol. The Bertz CT molecular complexity index is 366. The Morgan fingerprint density at radius 1 is 1.31 bits per heavy atom. The molecule has 0 fully saturated rings. The first-order valence-corrected chi connectivity index (χ1v) is 5.31. The maximum atomic E-state index is 3.77. The zero-order chi connectivity index (χ0) is 9.10.